The van der Waals surface area contributed by atoms with Crippen molar-refractivity contribution in [3.05, 3.63) is 47.5 Å². The third-order valence-corrected chi connectivity index (χ3v) is 4.81. The van der Waals surface area contributed by atoms with E-state index in [4.69, 9.17) is 9.47 Å². The molecular formula is C21H21F3N4O4S. The van der Waals surface area contributed by atoms with Gasteiger partial charge in [0.05, 0.1) is 16.8 Å². The summed E-state index contributed by atoms with van der Waals surface area (Å²) in [5.74, 6) is -0.446. The Bertz CT molecular complexity index is 1080. The molecule has 0 aliphatic heterocycles. The van der Waals surface area contributed by atoms with E-state index in [9.17, 15) is 18.0 Å². The standard InChI is InChI=1S/C21H21F3N4O4S/c1-12(31-14-5-6-17(25-10-14)30-11-21(22,23)24)16-7-15(28-33-16)13-8-26-18(27-9-13)19(29)32-20(2,3)4/h5-10,12H,11H2,1-4H3/t12-/m1/s1. The fourth-order valence-electron chi connectivity index (χ4n) is 2.45. The van der Waals surface area contributed by atoms with E-state index in [1.165, 1.54) is 42.3 Å². The fourth-order valence-corrected chi connectivity index (χ4v) is 3.17. The predicted molar refractivity (Wildman–Crippen MR) is 113 cm³/mol. The molecule has 0 radical (unpaired) electrons. The molecule has 3 aromatic rings. The number of alkyl halides is 3. The second kappa shape index (κ2) is 9.69. The van der Waals surface area contributed by atoms with Crippen LogP contribution in [0, 0.1) is 0 Å². The van der Waals surface area contributed by atoms with Gasteiger partial charge in [0.1, 0.15) is 17.5 Å². The maximum atomic E-state index is 12.2. The Kier molecular flexibility index (Phi) is 7.15. The van der Waals surface area contributed by atoms with Gasteiger partial charge in [0.15, 0.2) is 6.61 Å². The molecule has 0 aliphatic carbocycles. The van der Waals surface area contributed by atoms with Gasteiger partial charge in [0, 0.05) is 24.0 Å². The number of pyridine rings is 1. The van der Waals surface area contributed by atoms with Crippen molar-refractivity contribution < 1.29 is 32.2 Å². The van der Waals surface area contributed by atoms with Gasteiger partial charge in [-0.05, 0) is 51.4 Å². The zero-order valence-electron chi connectivity index (χ0n) is 18.2. The third kappa shape index (κ3) is 7.38. The highest BCUT2D eigenvalue weighted by Gasteiger charge is 2.28. The topological polar surface area (TPSA) is 96.3 Å². The lowest BCUT2D eigenvalue weighted by atomic mass is 10.2. The number of hydrogen-bond donors (Lipinski definition) is 0. The van der Waals surface area contributed by atoms with E-state index < -0.39 is 30.5 Å². The van der Waals surface area contributed by atoms with Gasteiger partial charge < -0.3 is 14.2 Å². The summed E-state index contributed by atoms with van der Waals surface area (Å²) in [6.45, 7) is 5.65. The lowest BCUT2D eigenvalue weighted by Crippen LogP contribution is -2.25. The number of rotatable bonds is 7. The Morgan fingerprint density at radius 1 is 1.09 bits per heavy atom. The van der Waals surface area contributed by atoms with Crippen LogP contribution in [0.2, 0.25) is 0 Å². The Hall–Kier alpha value is -3.28. The molecule has 3 heterocycles. The molecule has 0 bridgehead atoms. The highest BCUT2D eigenvalue weighted by atomic mass is 32.1. The predicted octanol–water partition coefficient (Wildman–Crippen LogP) is 5.03. The van der Waals surface area contributed by atoms with E-state index in [-0.39, 0.29) is 11.7 Å². The molecule has 0 fully saturated rings. The number of esters is 1. The van der Waals surface area contributed by atoms with Crippen LogP contribution >= 0.6 is 11.5 Å². The molecule has 0 N–H and O–H groups in total. The van der Waals surface area contributed by atoms with Gasteiger partial charge in [0.2, 0.25) is 11.7 Å². The number of nitrogens with zero attached hydrogens (tertiary/aromatic N) is 4. The molecular weight excluding hydrogens is 461 g/mol. The summed E-state index contributed by atoms with van der Waals surface area (Å²) in [6.07, 6.45) is -0.577. The van der Waals surface area contributed by atoms with Crippen molar-refractivity contribution in [1.29, 1.82) is 0 Å². The number of hydrogen-bond acceptors (Lipinski definition) is 9. The van der Waals surface area contributed by atoms with Gasteiger partial charge >= 0.3 is 12.1 Å². The van der Waals surface area contributed by atoms with Crippen LogP contribution in [-0.2, 0) is 4.74 Å². The van der Waals surface area contributed by atoms with Gasteiger partial charge in [-0.25, -0.2) is 19.7 Å². The first-order valence-corrected chi connectivity index (χ1v) is 10.5. The monoisotopic (exact) mass is 482 g/mol. The maximum absolute atomic E-state index is 12.2. The summed E-state index contributed by atoms with van der Waals surface area (Å²) in [6, 6.07) is 4.57. The van der Waals surface area contributed by atoms with Crippen molar-refractivity contribution in [2.75, 3.05) is 6.61 Å². The Morgan fingerprint density at radius 2 is 1.79 bits per heavy atom. The zero-order valence-corrected chi connectivity index (χ0v) is 19.0. The van der Waals surface area contributed by atoms with E-state index >= 15 is 0 Å². The number of carbonyl (C=O) groups excluding carboxylic acids is 1. The molecule has 0 aromatic carbocycles. The quantitative estimate of drug-likeness (QED) is 0.433. The van der Waals surface area contributed by atoms with Crippen LogP contribution < -0.4 is 9.47 Å². The molecule has 0 unspecified atom stereocenters. The van der Waals surface area contributed by atoms with Crippen molar-refractivity contribution in [1.82, 2.24) is 19.3 Å². The fraction of sp³-hybridized carbons (Fsp3) is 0.381. The Morgan fingerprint density at radius 3 is 2.36 bits per heavy atom. The summed E-state index contributed by atoms with van der Waals surface area (Å²) in [4.78, 5) is 24.8. The second-order valence-corrected chi connectivity index (χ2v) is 8.74. The minimum atomic E-state index is -4.43. The zero-order chi connectivity index (χ0) is 24.2. The smallest absolute Gasteiger partial charge is 0.422 e. The largest absolute Gasteiger partial charge is 0.484 e. The third-order valence-electron chi connectivity index (χ3n) is 3.86. The first-order chi connectivity index (χ1) is 15.4. The van der Waals surface area contributed by atoms with E-state index in [0.29, 0.717) is 17.0 Å². The number of carbonyl (C=O) groups is 1. The van der Waals surface area contributed by atoms with Crippen molar-refractivity contribution in [3.8, 4) is 22.9 Å². The van der Waals surface area contributed by atoms with Crippen molar-refractivity contribution in [3.63, 3.8) is 0 Å². The molecule has 0 spiro atoms. The van der Waals surface area contributed by atoms with Crippen LogP contribution in [0.1, 0.15) is 49.3 Å². The van der Waals surface area contributed by atoms with Crippen LogP contribution in [0.4, 0.5) is 13.2 Å². The van der Waals surface area contributed by atoms with Crippen LogP contribution in [0.25, 0.3) is 11.3 Å². The van der Waals surface area contributed by atoms with Crippen molar-refractivity contribution in [2.24, 2.45) is 0 Å². The SMILES string of the molecule is C[C@@H](Oc1ccc(OCC(F)(F)F)nc1)c1cc(-c2cnc(C(=O)OC(C)(C)C)nc2)ns1. The molecule has 0 saturated heterocycles. The minimum Gasteiger partial charge on any atom is -0.484 e. The molecule has 1 atom stereocenters. The highest BCUT2D eigenvalue weighted by molar-refractivity contribution is 7.06. The summed E-state index contributed by atoms with van der Waals surface area (Å²) in [5, 5.41) is 0. The van der Waals surface area contributed by atoms with Gasteiger partial charge in [-0.1, -0.05) is 0 Å². The normalized spacial score (nSPS) is 12.8. The van der Waals surface area contributed by atoms with E-state index in [0.717, 1.165) is 4.88 Å². The molecule has 33 heavy (non-hydrogen) atoms. The van der Waals surface area contributed by atoms with Gasteiger partial charge in [-0.2, -0.15) is 17.5 Å². The summed E-state index contributed by atoms with van der Waals surface area (Å²) >= 11 is 1.21. The molecule has 8 nitrogen and oxygen atoms in total. The van der Waals surface area contributed by atoms with Crippen LogP contribution in [0.15, 0.2) is 36.8 Å². The van der Waals surface area contributed by atoms with Gasteiger partial charge in [-0.15, -0.1) is 0 Å². The summed E-state index contributed by atoms with van der Waals surface area (Å²) < 4.78 is 56.6. The molecule has 3 rings (SSSR count). The molecule has 0 aliphatic rings. The van der Waals surface area contributed by atoms with Crippen molar-refractivity contribution in [2.45, 2.75) is 45.6 Å². The summed E-state index contributed by atoms with van der Waals surface area (Å²) in [5.41, 5.74) is 0.574. The highest BCUT2D eigenvalue weighted by Crippen LogP contribution is 2.29. The van der Waals surface area contributed by atoms with E-state index in [1.807, 2.05) is 0 Å². The molecule has 12 heteroatoms. The molecule has 176 valence electrons. The Labute approximate surface area is 191 Å². The van der Waals surface area contributed by atoms with Crippen LogP contribution in [0.5, 0.6) is 11.6 Å². The Balaban J connectivity index is 1.61. The first-order valence-electron chi connectivity index (χ1n) is 9.74. The maximum Gasteiger partial charge on any atom is 0.422 e. The average Bonchev–Trinajstić information content (AvgIpc) is 3.22. The van der Waals surface area contributed by atoms with Gasteiger partial charge in [0.25, 0.3) is 0 Å². The minimum absolute atomic E-state index is 0.0454. The number of ether oxygens (including phenoxy) is 3. The van der Waals surface area contributed by atoms with E-state index in [1.54, 1.807) is 33.8 Å². The average molecular weight is 482 g/mol. The molecule has 0 saturated carbocycles. The second-order valence-electron chi connectivity index (χ2n) is 7.91. The van der Waals surface area contributed by atoms with Gasteiger partial charge in [-0.3, -0.25) is 0 Å². The van der Waals surface area contributed by atoms with Crippen molar-refractivity contribution >= 4 is 17.5 Å². The summed E-state index contributed by atoms with van der Waals surface area (Å²) in [7, 11) is 0. The lowest BCUT2D eigenvalue weighted by Gasteiger charge is -2.18. The van der Waals surface area contributed by atoms with Crippen LogP contribution in [-0.4, -0.2) is 43.7 Å². The van der Waals surface area contributed by atoms with Crippen LogP contribution in [0.3, 0.4) is 0 Å². The van der Waals surface area contributed by atoms with E-state index in [2.05, 4.69) is 24.1 Å². The molecule has 0 amide bonds. The first kappa shape index (κ1) is 24.4. The molecule has 3 aromatic heterocycles. The number of aromatic nitrogens is 4. The lowest BCUT2D eigenvalue weighted by molar-refractivity contribution is -0.154. The number of halogens is 3.